The van der Waals surface area contributed by atoms with Crippen molar-refractivity contribution in [2.45, 2.75) is 82.5 Å². The molecular formula is C40H48N6O5S. The molecule has 4 aromatic rings. The number of allylic oxidation sites excluding steroid dienone is 1. The van der Waals surface area contributed by atoms with Crippen molar-refractivity contribution in [3.05, 3.63) is 70.5 Å². The number of methoxy groups -OCH3 is 1. The van der Waals surface area contributed by atoms with Crippen LogP contribution in [0.5, 0.6) is 5.75 Å². The van der Waals surface area contributed by atoms with Crippen LogP contribution in [0.4, 0.5) is 0 Å². The van der Waals surface area contributed by atoms with Gasteiger partial charge in [-0.15, -0.1) is 0 Å². The van der Waals surface area contributed by atoms with E-state index >= 15 is 0 Å². The molecule has 1 unspecified atom stereocenters. The van der Waals surface area contributed by atoms with E-state index in [2.05, 4.69) is 37.5 Å². The zero-order valence-corrected chi connectivity index (χ0v) is 31.3. The maximum Gasteiger partial charge on any atom is 0.264 e. The average molecular weight is 725 g/mol. The van der Waals surface area contributed by atoms with Crippen molar-refractivity contribution in [2.75, 3.05) is 33.3 Å². The molecule has 2 saturated heterocycles. The molecule has 2 amide bonds. The van der Waals surface area contributed by atoms with E-state index in [1.54, 1.807) is 37.9 Å². The number of hydrogen-bond donors (Lipinski definition) is 1. The number of amides is 2. The fraction of sp³-hybridized carbons (Fsp3) is 0.475. The molecule has 0 radical (unpaired) electrons. The highest BCUT2D eigenvalue weighted by molar-refractivity contribution is 7.90. The second kappa shape index (κ2) is 13.5. The Morgan fingerprint density at radius 3 is 2.54 bits per heavy atom. The number of ether oxygens (including phenoxy) is 1. The van der Waals surface area contributed by atoms with Crippen molar-refractivity contribution < 1.29 is 22.7 Å². The molecule has 2 aromatic carbocycles. The molecule has 3 aliphatic heterocycles. The number of aromatic nitrogens is 3. The summed E-state index contributed by atoms with van der Waals surface area (Å²) in [5.74, 6) is 0.408. The quantitative estimate of drug-likeness (QED) is 0.247. The highest BCUT2D eigenvalue weighted by Crippen LogP contribution is 2.48. The van der Waals surface area contributed by atoms with E-state index in [0.29, 0.717) is 30.6 Å². The number of nitrogens with zero attached hydrogens (tertiary/aromatic N) is 5. The Balaban J connectivity index is 1.30. The first kappa shape index (κ1) is 34.7. The molecule has 12 heteroatoms. The Labute approximate surface area is 305 Å². The molecule has 274 valence electrons. The highest BCUT2D eigenvalue weighted by atomic mass is 32.2. The van der Waals surface area contributed by atoms with Gasteiger partial charge in [0.2, 0.25) is 10.0 Å². The molecule has 3 fully saturated rings. The first-order valence-electron chi connectivity index (χ1n) is 18.7. The first-order chi connectivity index (χ1) is 25.0. The number of aryl methyl sites for hydroxylation is 1. The van der Waals surface area contributed by atoms with Crippen molar-refractivity contribution in [3.8, 4) is 17.0 Å². The molecular weight excluding hydrogens is 677 g/mol. The van der Waals surface area contributed by atoms with Crippen molar-refractivity contribution in [3.63, 3.8) is 0 Å². The molecule has 11 nitrogen and oxygen atoms in total. The van der Waals surface area contributed by atoms with E-state index < -0.39 is 21.2 Å². The number of carbonyl (C=O) groups is 2. The van der Waals surface area contributed by atoms with Gasteiger partial charge in [0.05, 0.1) is 42.1 Å². The minimum absolute atomic E-state index is 0.00327. The minimum atomic E-state index is -3.83. The van der Waals surface area contributed by atoms with E-state index in [4.69, 9.17) is 4.74 Å². The van der Waals surface area contributed by atoms with E-state index in [1.165, 1.54) is 18.4 Å². The molecule has 8 rings (SSSR count). The minimum Gasteiger partial charge on any atom is -0.497 e. The van der Waals surface area contributed by atoms with Crippen LogP contribution >= 0.6 is 0 Å². The van der Waals surface area contributed by atoms with Crippen molar-refractivity contribution >= 4 is 44.4 Å². The van der Waals surface area contributed by atoms with Crippen LogP contribution in [0.2, 0.25) is 0 Å². The van der Waals surface area contributed by atoms with Gasteiger partial charge >= 0.3 is 0 Å². The normalized spacial score (nSPS) is 19.6. The maximum absolute atomic E-state index is 14.4. The maximum atomic E-state index is 14.4. The van der Waals surface area contributed by atoms with Crippen molar-refractivity contribution in [1.82, 2.24) is 28.9 Å². The lowest BCUT2D eigenvalue weighted by molar-refractivity contribution is 0.0571. The summed E-state index contributed by atoms with van der Waals surface area (Å²) in [6.07, 6.45) is 11.8. The van der Waals surface area contributed by atoms with Gasteiger partial charge in [-0.05, 0) is 105 Å². The lowest BCUT2D eigenvalue weighted by atomic mass is 9.81. The third-order valence-corrected chi connectivity index (χ3v) is 13.5. The average Bonchev–Trinajstić information content (AvgIpc) is 3.83. The first-order valence-corrected chi connectivity index (χ1v) is 20.3. The molecule has 0 spiro atoms. The van der Waals surface area contributed by atoms with Crippen LogP contribution in [0.15, 0.2) is 42.6 Å². The molecule has 4 aliphatic rings. The SMILES string of the molecule is COc1ccc2c(c1)C=C(c1c(C(=O)N3CCN4CCCC4C3)cnn1C)Cn1c-2c(C2CCCCC2)c2ccc(C(=O)NS(=O)(=O)C(C)C)cc21. The summed E-state index contributed by atoms with van der Waals surface area (Å²) < 4.78 is 37.5. The van der Waals surface area contributed by atoms with Gasteiger partial charge in [-0.2, -0.15) is 5.10 Å². The van der Waals surface area contributed by atoms with Crippen LogP contribution in [0.1, 0.15) is 102 Å². The number of fused-ring (bicyclic) bond motifs is 6. The van der Waals surface area contributed by atoms with Crippen LogP contribution in [0.25, 0.3) is 33.8 Å². The van der Waals surface area contributed by atoms with E-state index in [0.717, 1.165) is 96.5 Å². The lowest BCUT2D eigenvalue weighted by Gasteiger charge is -2.37. The lowest BCUT2D eigenvalue weighted by Crippen LogP contribution is -2.52. The number of rotatable bonds is 7. The molecule has 52 heavy (non-hydrogen) atoms. The van der Waals surface area contributed by atoms with E-state index in [-0.39, 0.29) is 11.5 Å². The Bertz CT molecular complexity index is 2210. The van der Waals surface area contributed by atoms with Crippen LogP contribution in [-0.2, 0) is 23.6 Å². The predicted octanol–water partition coefficient (Wildman–Crippen LogP) is 6.04. The van der Waals surface area contributed by atoms with Gasteiger partial charge in [0.15, 0.2) is 0 Å². The Morgan fingerprint density at radius 2 is 1.77 bits per heavy atom. The summed E-state index contributed by atoms with van der Waals surface area (Å²) in [6.45, 7) is 6.93. The van der Waals surface area contributed by atoms with Gasteiger partial charge in [-0.25, -0.2) is 13.1 Å². The van der Waals surface area contributed by atoms with Crippen LogP contribution in [-0.4, -0.2) is 89.0 Å². The van der Waals surface area contributed by atoms with E-state index in [9.17, 15) is 18.0 Å². The van der Waals surface area contributed by atoms with Crippen LogP contribution < -0.4 is 9.46 Å². The van der Waals surface area contributed by atoms with Gasteiger partial charge in [-0.1, -0.05) is 25.3 Å². The number of piperazine rings is 1. The van der Waals surface area contributed by atoms with Crippen LogP contribution in [0, 0.1) is 0 Å². The third kappa shape index (κ3) is 6.03. The summed E-state index contributed by atoms with van der Waals surface area (Å²) in [6, 6.07) is 12.1. The number of benzene rings is 2. The number of nitrogens with one attached hydrogen (secondary N) is 1. The molecule has 1 N–H and O–H groups in total. The fourth-order valence-corrected chi connectivity index (χ4v) is 9.57. The Hall–Kier alpha value is -4.42. The zero-order valence-electron chi connectivity index (χ0n) is 30.5. The summed E-state index contributed by atoms with van der Waals surface area (Å²) >= 11 is 0. The molecule has 2 aromatic heterocycles. The van der Waals surface area contributed by atoms with Gasteiger partial charge in [0, 0.05) is 54.8 Å². The topological polar surface area (TPSA) is 119 Å². The van der Waals surface area contributed by atoms with Crippen LogP contribution in [0.3, 0.4) is 0 Å². The number of carbonyl (C=O) groups excluding carboxylic acids is 2. The number of hydrogen-bond acceptors (Lipinski definition) is 7. The monoisotopic (exact) mass is 724 g/mol. The summed E-state index contributed by atoms with van der Waals surface area (Å²) in [4.78, 5) is 32.3. The van der Waals surface area contributed by atoms with Gasteiger partial charge < -0.3 is 14.2 Å². The van der Waals surface area contributed by atoms with Gasteiger partial charge in [0.25, 0.3) is 11.8 Å². The summed E-state index contributed by atoms with van der Waals surface area (Å²) in [5.41, 5.74) is 7.77. The standard InChI is InChI=1S/C40H48N6O5S/c1-25(2)52(49,50)42-39(47)27-12-14-33-35(21-27)46-23-29(37-34(22-41-43(37)3)40(48)45-18-17-44-16-8-11-30(44)24-45)19-28-20-31(51-4)13-15-32(28)38(46)36(33)26-9-6-5-7-10-26/h12-15,19-22,25-26,30H,5-11,16-18,23-24H2,1-4H3,(H,42,47). The van der Waals surface area contributed by atoms with Crippen molar-refractivity contribution in [2.24, 2.45) is 7.05 Å². The van der Waals surface area contributed by atoms with Gasteiger partial charge in [0.1, 0.15) is 5.75 Å². The number of sulfonamides is 1. The molecule has 1 atom stereocenters. The zero-order chi connectivity index (χ0) is 36.3. The highest BCUT2D eigenvalue weighted by Gasteiger charge is 2.36. The molecule has 0 bridgehead atoms. The second-order valence-electron chi connectivity index (χ2n) is 15.2. The molecule has 5 heterocycles. The van der Waals surface area contributed by atoms with Crippen molar-refractivity contribution in [1.29, 1.82) is 0 Å². The summed E-state index contributed by atoms with van der Waals surface area (Å²) in [5, 5.41) is 4.96. The second-order valence-corrected chi connectivity index (χ2v) is 17.4. The van der Waals surface area contributed by atoms with Gasteiger partial charge in [-0.3, -0.25) is 19.2 Å². The smallest absolute Gasteiger partial charge is 0.264 e. The fourth-order valence-electron chi connectivity index (χ4n) is 8.95. The third-order valence-electron chi connectivity index (χ3n) is 11.8. The predicted molar refractivity (Wildman–Crippen MR) is 203 cm³/mol. The largest absolute Gasteiger partial charge is 0.497 e. The molecule has 1 saturated carbocycles. The molecule has 1 aliphatic carbocycles. The Morgan fingerprint density at radius 1 is 0.962 bits per heavy atom. The summed E-state index contributed by atoms with van der Waals surface area (Å²) in [7, 11) is -0.270. The Kier molecular flexibility index (Phi) is 9.02. The van der Waals surface area contributed by atoms with E-state index in [1.807, 2.05) is 30.1 Å².